The van der Waals surface area contributed by atoms with Gasteiger partial charge in [-0.3, -0.25) is 9.78 Å². The van der Waals surface area contributed by atoms with E-state index in [1.54, 1.807) is 0 Å². The minimum Gasteiger partial charge on any atom is -0.339 e. The third kappa shape index (κ3) is 4.01. The highest BCUT2D eigenvalue weighted by atomic mass is 16.2. The molecule has 0 bridgehead atoms. The summed E-state index contributed by atoms with van der Waals surface area (Å²) < 4.78 is 0. The Hall–Kier alpha value is -2.98. The smallest absolute Gasteiger partial charge is 0.253 e. The summed E-state index contributed by atoms with van der Waals surface area (Å²) in [7, 11) is 0. The first-order valence-corrected chi connectivity index (χ1v) is 10.9. The first kappa shape index (κ1) is 20.3. The van der Waals surface area contributed by atoms with Gasteiger partial charge in [-0.25, -0.2) is 0 Å². The number of amides is 1. The predicted molar refractivity (Wildman–Crippen MR) is 124 cm³/mol. The van der Waals surface area contributed by atoms with Crippen molar-refractivity contribution in [1.29, 1.82) is 0 Å². The van der Waals surface area contributed by atoms with E-state index in [0.717, 1.165) is 61.1 Å². The molecule has 1 aliphatic rings. The van der Waals surface area contributed by atoms with Crippen LogP contribution in [0.3, 0.4) is 0 Å². The molecule has 2 heterocycles. The van der Waals surface area contributed by atoms with Crippen molar-refractivity contribution in [3.63, 3.8) is 0 Å². The van der Waals surface area contributed by atoms with Crippen LogP contribution in [0, 0.1) is 0 Å². The Bertz CT molecular complexity index is 1050. The van der Waals surface area contributed by atoms with Crippen LogP contribution >= 0.6 is 0 Å². The fourth-order valence-electron chi connectivity index (χ4n) is 4.31. The quantitative estimate of drug-likeness (QED) is 0.664. The molecule has 0 radical (unpaired) electrons. The molecule has 30 heavy (non-hydrogen) atoms. The van der Waals surface area contributed by atoms with Crippen LogP contribution in [-0.4, -0.2) is 42.0 Å². The molecule has 4 heteroatoms. The number of hydrogen-bond donors (Lipinski definition) is 1. The van der Waals surface area contributed by atoms with Crippen LogP contribution in [0.2, 0.25) is 0 Å². The lowest BCUT2D eigenvalue weighted by Crippen LogP contribution is -2.30. The van der Waals surface area contributed by atoms with E-state index < -0.39 is 0 Å². The predicted octanol–water partition coefficient (Wildman–Crippen LogP) is 4.90. The SMILES string of the molecule is CCN(CC)C(=O)c1ccc(C(=C2CCNCC2)c2cccc3cccnc23)cc1. The van der Waals surface area contributed by atoms with Crippen molar-refractivity contribution in [2.24, 2.45) is 0 Å². The van der Waals surface area contributed by atoms with E-state index in [1.165, 1.54) is 16.7 Å². The van der Waals surface area contributed by atoms with E-state index in [1.807, 2.05) is 43.1 Å². The molecule has 0 spiro atoms. The Labute approximate surface area is 178 Å². The zero-order chi connectivity index (χ0) is 20.9. The summed E-state index contributed by atoms with van der Waals surface area (Å²) in [4.78, 5) is 19.3. The summed E-state index contributed by atoms with van der Waals surface area (Å²) >= 11 is 0. The van der Waals surface area contributed by atoms with E-state index in [9.17, 15) is 4.79 Å². The van der Waals surface area contributed by atoms with Gasteiger partial charge in [0.05, 0.1) is 5.52 Å². The first-order chi connectivity index (χ1) is 14.7. The summed E-state index contributed by atoms with van der Waals surface area (Å²) in [6.07, 6.45) is 3.92. The van der Waals surface area contributed by atoms with Gasteiger partial charge in [0.25, 0.3) is 5.91 Å². The zero-order valence-corrected chi connectivity index (χ0v) is 17.8. The van der Waals surface area contributed by atoms with E-state index in [2.05, 4.69) is 41.7 Å². The van der Waals surface area contributed by atoms with Gasteiger partial charge < -0.3 is 10.2 Å². The van der Waals surface area contributed by atoms with Crippen LogP contribution in [0.25, 0.3) is 16.5 Å². The molecular formula is C26H29N3O. The lowest BCUT2D eigenvalue weighted by atomic mass is 9.87. The molecule has 2 aromatic carbocycles. The van der Waals surface area contributed by atoms with Crippen LogP contribution in [0.1, 0.15) is 48.2 Å². The Morgan fingerprint density at radius 1 is 0.933 bits per heavy atom. The second kappa shape index (κ2) is 9.23. The Morgan fingerprint density at radius 2 is 1.60 bits per heavy atom. The average molecular weight is 400 g/mol. The van der Waals surface area contributed by atoms with Crippen LogP contribution in [-0.2, 0) is 0 Å². The number of benzene rings is 2. The van der Waals surface area contributed by atoms with Crippen LogP contribution in [0.4, 0.5) is 0 Å². The number of carbonyl (C=O) groups is 1. The van der Waals surface area contributed by atoms with Crippen LogP contribution < -0.4 is 5.32 Å². The van der Waals surface area contributed by atoms with E-state index in [4.69, 9.17) is 4.98 Å². The largest absolute Gasteiger partial charge is 0.339 e. The van der Waals surface area contributed by atoms with Gasteiger partial charge in [-0.1, -0.05) is 42.0 Å². The molecular weight excluding hydrogens is 370 g/mol. The van der Waals surface area contributed by atoms with Gasteiger partial charge >= 0.3 is 0 Å². The monoisotopic (exact) mass is 399 g/mol. The summed E-state index contributed by atoms with van der Waals surface area (Å²) in [5.41, 5.74) is 6.82. The molecule has 4 nitrogen and oxygen atoms in total. The van der Waals surface area contributed by atoms with Crippen molar-refractivity contribution in [3.05, 3.63) is 83.1 Å². The molecule has 4 rings (SSSR count). The number of fused-ring (bicyclic) bond motifs is 1. The fourth-order valence-corrected chi connectivity index (χ4v) is 4.31. The van der Waals surface area contributed by atoms with Crippen molar-refractivity contribution in [2.45, 2.75) is 26.7 Å². The zero-order valence-electron chi connectivity index (χ0n) is 17.8. The van der Waals surface area contributed by atoms with Crippen molar-refractivity contribution in [3.8, 4) is 0 Å². The number of carbonyl (C=O) groups excluding carboxylic acids is 1. The molecule has 1 amide bonds. The molecule has 1 fully saturated rings. The molecule has 0 saturated carbocycles. The maximum absolute atomic E-state index is 12.7. The third-order valence-electron chi connectivity index (χ3n) is 5.93. The molecule has 1 aliphatic heterocycles. The fraction of sp³-hybridized carbons (Fsp3) is 0.308. The van der Waals surface area contributed by atoms with Crippen molar-refractivity contribution >= 4 is 22.4 Å². The van der Waals surface area contributed by atoms with Crippen LogP contribution in [0.5, 0.6) is 0 Å². The Balaban J connectivity index is 1.81. The summed E-state index contributed by atoms with van der Waals surface area (Å²) in [6, 6.07) is 18.6. The number of aromatic nitrogens is 1. The minimum absolute atomic E-state index is 0.0921. The maximum Gasteiger partial charge on any atom is 0.253 e. The Morgan fingerprint density at radius 3 is 2.30 bits per heavy atom. The third-order valence-corrected chi connectivity index (χ3v) is 5.93. The number of nitrogens with one attached hydrogen (secondary N) is 1. The highest BCUT2D eigenvalue weighted by molar-refractivity contribution is 5.98. The molecule has 1 aromatic heterocycles. The molecule has 154 valence electrons. The Kier molecular flexibility index (Phi) is 6.24. The number of piperidine rings is 1. The lowest BCUT2D eigenvalue weighted by molar-refractivity contribution is 0.0773. The van der Waals surface area contributed by atoms with Crippen molar-refractivity contribution in [1.82, 2.24) is 15.2 Å². The van der Waals surface area contributed by atoms with Gasteiger partial charge in [-0.15, -0.1) is 0 Å². The van der Waals surface area contributed by atoms with Gasteiger partial charge in [-0.2, -0.15) is 0 Å². The summed E-state index contributed by atoms with van der Waals surface area (Å²) in [5, 5.41) is 4.61. The van der Waals surface area contributed by atoms with E-state index in [0.29, 0.717) is 0 Å². The van der Waals surface area contributed by atoms with Crippen LogP contribution in [0.15, 0.2) is 66.4 Å². The van der Waals surface area contributed by atoms with Crippen molar-refractivity contribution < 1.29 is 4.79 Å². The van der Waals surface area contributed by atoms with Gasteiger partial charge in [0.1, 0.15) is 0 Å². The van der Waals surface area contributed by atoms with Gasteiger partial charge in [0, 0.05) is 35.8 Å². The lowest BCUT2D eigenvalue weighted by Gasteiger charge is -2.22. The number of hydrogen-bond acceptors (Lipinski definition) is 3. The topological polar surface area (TPSA) is 45.2 Å². The number of rotatable bonds is 5. The molecule has 0 unspecified atom stereocenters. The molecule has 1 N–H and O–H groups in total. The average Bonchev–Trinajstić information content (AvgIpc) is 2.81. The normalized spacial score (nSPS) is 14.0. The second-order valence-corrected chi connectivity index (χ2v) is 7.66. The highest BCUT2D eigenvalue weighted by Crippen LogP contribution is 2.34. The molecule has 1 saturated heterocycles. The second-order valence-electron chi connectivity index (χ2n) is 7.66. The molecule has 0 atom stereocenters. The number of pyridine rings is 1. The molecule has 3 aromatic rings. The minimum atomic E-state index is 0.0921. The van der Waals surface area contributed by atoms with Gasteiger partial charge in [-0.05, 0) is 69.1 Å². The summed E-state index contributed by atoms with van der Waals surface area (Å²) in [5.74, 6) is 0.0921. The first-order valence-electron chi connectivity index (χ1n) is 10.9. The maximum atomic E-state index is 12.7. The van der Waals surface area contributed by atoms with Gasteiger partial charge in [0.2, 0.25) is 0 Å². The molecule has 0 aliphatic carbocycles. The van der Waals surface area contributed by atoms with Crippen molar-refractivity contribution in [2.75, 3.05) is 26.2 Å². The van der Waals surface area contributed by atoms with Gasteiger partial charge in [0.15, 0.2) is 0 Å². The summed E-state index contributed by atoms with van der Waals surface area (Å²) in [6.45, 7) is 7.47. The van der Waals surface area contributed by atoms with E-state index in [-0.39, 0.29) is 5.91 Å². The standard InChI is InChI=1S/C26H29N3O/c1-3-29(4-2)26(30)22-12-10-19(11-13-22)24(20-14-17-27-18-15-20)23-9-5-7-21-8-6-16-28-25(21)23/h5-13,16,27H,3-4,14-15,17-18H2,1-2H3. The highest BCUT2D eigenvalue weighted by Gasteiger charge is 2.18. The number of para-hydroxylation sites is 1. The van der Waals surface area contributed by atoms with E-state index >= 15 is 0 Å². The number of nitrogens with zero attached hydrogens (tertiary/aromatic N) is 2.